The van der Waals surface area contributed by atoms with Gasteiger partial charge in [0.05, 0.1) is 34.8 Å². The molecule has 194 valence electrons. The van der Waals surface area contributed by atoms with Gasteiger partial charge >= 0.3 is 0 Å². The van der Waals surface area contributed by atoms with Crippen molar-refractivity contribution in [3.8, 4) is 33.9 Å². The smallest absolute Gasteiger partial charge is 0.178 e. The molecule has 1 aliphatic rings. The van der Waals surface area contributed by atoms with Crippen LogP contribution in [-0.4, -0.2) is 48.2 Å². The van der Waals surface area contributed by atoms with Crippen molar-refractivity contribution in [2.45, 2.75) is 19.3 Å². The number of hydrogen-bond donors (Lipinski definition) is 4. The number of imidazole rings is 1. The first-order valence-electron chi connectivity index (χ1n) is 13.0. The predicted octanol–water partition coefficient (Wildman–Crippen LogP) is 6.00. The van der Waals surface area contributed by atoms with Crippen LogP contribution in [0.4, 0.5) is 5.69 Å². The van der Waals surface area contributed by atoms with Gasteiger partial charge in [0.25, 0.3) is 0 Å². The van der Waals surface area contributed by atoms with E-state index in [0.29, 0.717) is 17.4 Å². The molecule has 0 radical (unpaired) electrons. The Hall–Kier alpha value is -4.41. The number of allylic oxidation sites excluding steroid dienone is 1. The lowest BCUT2D eigenvalue weighted by molar-refractivity contribution is 0.373. The monoisotopic (exact) mass is 533 g/mol. The van der Waals surface area contributed by atoms with Crippen LogP contribution in [0, 0.1) is 5.92 Å². The summed E-state index contributed by atoms with van der Waals surface area (Å²) >= 11 is 1.66. The fraction of sp³-hybridized carbons (Fsp3) is 0.207. The van der Waals surface area contributed by atoms with Crippen LogP contribution in [0.15, 0.2) is 72.1 Å². The second-order valence-corrected chi connectivity index (χ2v) is 10.7. The first-order valence-corrected chi connectivity index (χ1v) is 14.0. The van der Waals surface area contributed by atoms with Gasteiger partial charge in [0, 0.05) is 34.6 Å². The summed E-state index contributed by atoms with van der Waals surface area (Å²) in [7, 11) is 0. The highest BCUT2D eigenvalue weighted by atomic mass is 32.1. The maximum absolute atomic E-state index is 4.77. The van der Waals surface area contributed by atoms with Gasteiger partial charge in [0.2, 0.25) is 0 Å². The molecule has 1 saturated heterocycles. The summed E-state index contributed by atoms with van der Waals surface area (Å²) < 4.78 is 0. The molecule has 0 spiro atoms. The number of nitrogens with zero attached hydrogens (tertiary/aromatic N) is 5. The minimum absolute atomic E-state index is 0.659. The standard InChI is InChI=1S/C29H27N9S/c1-17(10-18-2-6-30-7-3-18)34-21-11-20(13-31-14-21)24-12-23-25(15-33-24)37-38-27(23)29-35-26-22(19-5-9-39-16-19)4-8-32-28(26)36-29/h4-5,8-9,11-16,18,30,34H,1-3,6-7,10H2,(H,37,38)(H,32,35,36). The number of hydrogen-bond acceptors (Lipinski definition) is 8. The van der Waals surface area contributed by atoms with Crippen LogP contribution in [0.3, 0.4) is 0 Å². The second-order valence-electron chi connectivity index (χ2n) is 9.93. The third kappa shape index (κ3) is 4.68. The number of anilines is 1. The minimum Gasteiger partial charge on any atom is -0.358 e. The van der Waals surface area contributed by atoms with E-state index in [-0.39, 0.29) is 0 Å². The largest absolute Gasteiger partial charge is 0.358 e. The maximum atomic E-state index is 4.77. The zero-order valence-corrected chi connectivity index (χ0v) is 22.1. The van der Waals surface area contributed by atoms with Gasteiger partial charge in [-0.1, -0.05) is 6.58 Å². The molecule has 0 amide bonds. The van der Waals surface area contributed by atoms with Crippen LogP contribution in [0.1, 0.15) is 19.3 Å². The summed E-state index contributed by atoms with van der Waals surface area (Å²) in [5, 5.41) is 19.7. The molecule has 7 rings (SSSR count). The molecule has 6 aromatic rings. The molecule has 0 saturated carbocycles. The van der Waals surface area contributed by atoms with Crippen molar-refractivity contribution in [3.63, 3.8) is 0 Å². The Balaban J connectivity index is 1.19. The first-order chi connectivity index (χ1) is 19.2. The Kier molecular flexibility index (Phi) is 6.10. The van der Waals surface area contributed by atoms with Gasteiger partial charge in [0.15, 0.2) is 11.5 Å². The second kappa shape index (κ2) is 10.0. The molecule has 9 nitrogen and oxygen atoms in total. The number of fused-ring (bicyclic) bond motifs is 2. The van der Waals surface area contributed by atoms with Gasteiger partial charge in [-0.2, -0.15) is 16.4 Å². The number of piperidine rings is 1. The normalized spacial score (nSPS) is 14.3. The number of H-pyrrole nitrogens is 2. The molecular weight excluding hydrogens is 506 g/mol. The van der Waals surface area contributed by atoms with E-state index in [9.17, 15) is 0 Å². The summed E-state index contributed by atoms with van der Waals surface area (Å²) in [5.41, 5.74) is 8.95. The van der Waals surface area contributed by atoms with Gasteiger partial charge in [-0.3, -0.25) is 15.1 Å². The molecule has 7 heterocycles. The summed E-state index contributed by atoms with van der Waals surface area (Å²) in [5.74, 6) is 1.33. The Labute approximate surface area is 228 Å². The lowest BCUT2D eigenvalue weighted by atomic mass is 9.93. The van der Waals surface area contributed by atoms with Gasteiger partial charge in [-0.15, -0.1) is 0 Å². The average Bonchev–Trinajstić information content (AvgIpc) is 3.73. The maximum Gasteiger partial charge on any atom is 0.178 e. The van der Waals surface area contributed by atoms with E-state index in [4.69, 9.17) is 4.98 Å². The van der Waals surface area contributed by atoms with E-state index >= 15 is 0 Å². The average molecular weight is 534 g/mol. The van der Waals surface area contributed by atoms with Crippen LogP contribution in [0.25, 0.3) is 56.0 Å². The van der Waals surface area contributed by atoms with E-state index in [0.717, 1.165) is 75.4 Å². The van der Waals surface area contributed by atoms with Crippen molar-refractivity contribution in [3.05, 3.63) is 72.1 Å². The number of pyridine rings is 3. The molecule has 39 heavy (non-hydrogen) atoms. The molecular formula is C29H27N9S. The zero-order valence-electron chi connectivity index (χ0n) is 21.2. The van der Waals surface area contributed by atoms with E-state index in [1.165, 1.54) is 12.8 Å². The van der Waals surface area contributed by atoms with Crippen molar-refractivity contribution < 1.29 is 0 Å². The van der Waals surface area contributed by atoms with E-state index < -0.39 is 0 Å². The van der Waals surface area contributed by atoms with Crippen molar-refractivity contribution in [1.29, 1.82) is 0 Å². The van der Waals surface area contributed by atoms with Crippen molar-refractivity contribution in [2.75, 3.05) is 18.4 Å². The minimum atomic E-state index is 0.659. The molecule has 0 aromatic carbocycles. The van der Waals surface area contributed by atoms with Gasteiger partial charge in [-0.25, -0.2) is 9.97 Å². The zero-order chi connectivity index (χ0) is 26.2. The Morgan fingerprint density at radius 1 is 1.08 bits per heavy atom. The predicted molar refractivity (Wildman–Crippen MR) is 156 cm³/mol. The Morgan fingerprint density at radius 3 is 2.87 bits per heavy atom. The lowest BCUT2D eigenvalue weighted by Gasteiger charge is -2.23. The molecule has 1 fully saturated rings. The fourth-order valence-electron chi connectivity index (χ4n) is 5.27. The van der Waals surface area contributed by atoms with E-state index in [1.54, 1.807) is 23.7 Å². The highest BCUT2D eigenvalue weighted by Crippen LogP contribution is 2.33. The molecule has 1 aliphatic heterocycles. The Bertz CT molecular complexity index is 1780. The molecule has 0 aliphatic carbocycles. The molecule has 4 N–H and O–H groups in total. The fourth-order valence-corrected chi connectivity index (χ4v) is 5.93. The lowest BCUT2D eigenvalue weighted by Crippen LogP contribution is -2.28. The van der Waals surface area contributed by atoms with Gasteiger partial charge < -0.3 is 15.6 Å². The number of aromatic nitrogens is 7. The number of nitrogens with one attached hydrogen (secondary N) is 4. The highest BCUT2D eigenvalue weighted by Gasteiger charge is 2.18. The molecule has 10 heteroatoms. The van der Waals surface area contributed by atoms with Crippen LogP contribution in [0.5, 0.6) is 0 Å². The van der Waals surface area contributed by atoms with Crippen LogP contribution in [-0.2, 0) is 0 Å². The van der Waals surface area contributed by atoms with Crippen LogP contribution < -0.4 is 10.6 Å². The summed E-state index contributed by atoms with van der Waals surface area (Å²) in [6.07, 6.45) is 10.6. The van der Waals surface area contributed by atoms with E-state index in [1.807, 2.05) is 24.5 Å². The third-order valence-corrected chi connectivity index (χ3v) is 7.93. The van der Waals surface area contributed by atoms with Crippen molar-refractivity contribution >= 4 is 39.1 Å². The molecule has 6 aromatic heterocycles. The topological polar surface area (TPSA) is 120 Å². The number of aromatic amines is 2. The summed E-state index contributed by atoms with van der Waals surface area (Å²) in [4.78, 5) is 21.9. The van der Waals surface area contributed by atoms with E-state index in [2.05, 4.69) is 70.2 Å². The quantitative estimate of drug-likeness (QED) is 0.199. The Morgan fingerprint density at radius 2 is 2.00 bits per heavy atom. The van der Waals surface area contributed by atoms with Crippen molar-refractivity contribution in [2.24, 2.45) is 5.92 Å². The summed E-state index contributed by atoms with van der Waals surface area (Å²) in [6, 6.07) is 8.19. The molecule has 0 bridgehead atoms. The van der Waals surface area contributed by atoms with Crippen molar-refractivity contribution in [1.82, 2.24) is 40.4 Å². The van der Waals surface area contributed by atoms with Crippen LogP contribution >= 0.6 is 11.3 Å². The molecule has 0 unspecified atom stereocenters. The number of thiophene rings is 1. The van der Waals surface area contributed by atoms with Crippen LogP contribution in [0.2, 0.25) is 0 Å². The third-order valence-electron chi connectivity index (χ3n) is 7.24. The number of rotatable bonds is 7. The molecule has 0 atom stereocenters. The highest BCUT2D eigenvalue weighted by molar-refractivity contribution is 7.08. The SMILES string of the molecule is C=C(CC1CCNCC1)Nc1cncc(-c2cc3c(-c4nc5nccc(-c6ccsc6)c5[nH]4)n[nH]c3cn2)c1. The first kappa shape index (κ1) is 23.7. The van der Waals surface area contributed by atoms with Gasteiger partial charge in [-0.05, 0) is 78.9 Å². The van der Waals surface area contributed by atoms with Gasteiger partial charge in [0.1, 0.15) is 5.69 Å². The summed E-state index contributed by atoms with van der Waals surface area (Å²) in [6.45, 7) is 6.43.